The number of aromatic nitrogens is 4. The number of rotatable bonds is 7. The third-order valence-electron chi connectivity index (χ3n) is 3.70. The first-order chi connectivity index (χ1) is 12.5. The van der Waals surface area contributed by atoms with Crippen molar-refractivity contribution in [3.63, 3.8) is 0 Å². The minimum absolute atomic E-state index is 0.0545. The average molecular weight is 353 g/mol. The summed E-state index contributed by atoms with van der Waals surface area (Å²) in [7, 11) is 0. The van der Waals surface area contributed by atoms with Crippen molar-refractivity contribution in [2.24, 2.45) is 0 Å². The van der Waals surface area contributed by atoms with Gasteiger partial charge in [-0.05, 0) is 26.0 Å². The number of benzene rings is 1. The van der Waals surface area contributed by atoms with E-state index in [-0.39, 0.29) is 5.69 Å². The summed E-state index contributed by atoms with van der Waals surface area (Å²) in [6.45, 7) is 4.91. The van der Waals surface area contributed by atoms with Gasteiger partial charge in [0.15, 0.2) is 5.82 Å². The van der Waals surface area contributed by atoms with Crippen molar-refractivity contribution < 1.29 is 4.92 Å². The smallest absolute Gasteiger partial charge is 0.292 e. The van der Waals surface area contributed by atoms with Crippen molar-refractivity contribution >= 4 is 17.2 Å². The zero-order chi connectivity index (χ0) is 18.5. The van der Waals surface area contributed by atoms with E-state index in [1.54, 1.807) is 35.3 Å². The fourth-order valence-corrected chi connectivity index (χ4v) is 2.57. The Morgan fingerprint density at radius 2 is 1.92 bits per heavy atom. The van der Waals surface area contributed by atoms with Crippen LogP contribution in [0, 0.1) is 24.0 Å². The highest BCUT2D eigenvalue weighted by molar-refractivity contribution is 5.61. The van der Waals surface area contributed by atoms with Crippen molar-refractivity contribution in [3.8, 4) is 5.82 Å². The van der Waals surface area contributed by atoms with Gasteiger partial charge < -0.3 is 10.6 Å². The lowest BCUT2D eigenvalue weighted by molar-refractivity contribution is -0.384. The molecule has 2 heterocycles. The number of nitrogens with one attached hydrogen (secondary N) is 2. The molecule has 0 aliphatic heterocycles. The lowest BCUT2D eigenvalue weighted by Crippen LogP contribution is -2.15. The van der Waals surface area contributed by atoms with E-state index >= 15 is 0 Å². The maximum atomic E-state index is 11.0. The fraction of sp³-hybridized carbons (Fsp3) is 0.235. The molecule has 0 aliphatic rings. The highest BCUT2D eigenvalue weighted by Gasteiger charge is 2.11. The number of aryl methyl sites for hydroxylation is 2. The molecule has 9 heteroatoms. The summed E-state index contributed by atoms with van der Waals surface area (Å²) >= 11 is 0. The first-order valence-corrected chi connectivity index (χ1v) is 8.11. The molecule has 0 spiro atoms. The monoisotopic (exact) mass is 353 g/mol. The maximum Gasteiger partial charge on any atom is 0.292 e. The number of anilines is 2. The van der Waals surface area contributed by atoms with Gasteiger partial charge in [-0.2, -0.15) is 5.10 Å². The molecule has 9 nitrogen and oxygen atoms in total. The summed E-state index contributed by atoms with van der Waals surface area (Å²) in [4.78, 5) is 19.3. The van der Waals surface area contributed by atoms with E-state index in [2.05, 4.69) is 25.7 Å². The minimum atomic E-state index is -0.404. The third kappa shape index (κ3) is 3.94. The topological polar surface area (TPSA) is 111 Å². The van der Waals surface area contributed by atoms with Crippen LogP contribution in [0.3, 0.4) is 0 Å². The molecule has 0 unspecified atom stereocenters. The standard InChI is InChI=1S/C17H19N7O2/c1-12-9-13(2)23(22-12)17-11-18-10-16(21-17)20-8-7-19-14-5-3-4-6-15(14)24(25)26/h3-6,9-11,19H,7-8H2,1-2H3,(H,20,21). The zero-order valence-corrected chi connectivity index (χ0v) is 14.5. The van der Waals surface area contributed by atoms with E-state index in [9.17, 15) is 10.1 Å². The second kappa shape index (κ2) is 7.60. The average Bonchev–Trinajstić information content (AvgIpc) is 2.97. The number of nitro benzene ring substituents is 1. The molecule has 3 aromatic rings. The summed E-state index contributed by atoms with van der Waals surface area (Å²) in [5.74, 6) is 1.24. The summed E-state index contributed by atoms with van der Waals surface area (Å²) in [6.07, 6.45) is 3.27. The predicted octanol–water partition coefficient (Wildman–Crippen LogP) is 2.71. The largest absolute Gasteiger partial charge is 0.378 e. The van der Waals surface area contributed by atoms with Crippen LogP contribution in [0.4, 0.5) is 17.2 Å². The molecule has 0 fully saturated rings. The molecule has 26 heavy (non-hydrogen) atoms. The molecular formula is C17H19N7O2. The second-order valence-electron chi connectivity index (χ2n) is 5.73. The van der Waals surface area contributed by atoms with E-state index in [0.29, 0.717) is 30.4 Å². The number of hydrogen-bond acceptors (Lipinski definition) is 7. The minimum Gasteiger partial charge on any atom is -0.378 e. The molecule has 134 valence electrons. The van der Waals surface area contributed by atoms with Crippen LogP contribution >= 0.6 is 0 Å². The Kier molecular flexibility index (Phi) is 5.07. The molecule has 3 rings (SSSR count). The Bertz CT molecular complexity index is 923. The quantitative estimate of drug-likeness (QED) is 0.382. The number of hydrogen-bond donors (Lipinski definition) is 2. The van der Waals surface area contributed by atoms with Crippen molar-refractivity contribution in [1.29, 1.82) is 0 Å². The molecule has 0 amide bonds. The molecule has 0 saturated carbocycles. The van der Waals surface area contributed by atoms with Gasteiger partial charge >= 0.3 is 0 Å². The van der Waals surface area contributed by atoms with Gasteiger partial charge in [-0.1, -0.05) is 12.1 Å². The lowest BCUT2D eigenvalue weighted by Gasteiger charge is -2.09. The van der Waals surface area contributed by atoms with E-state index in [0.717, 1.165) is 11.4 Å². The molecule has 0 aliphatic carbocycles. The van der Waals surface area contributed by atoms with Crippen molar-refractivity contribution in [1.82, 2.24) is 19.7 Å². The van der Waals surface area contributed by atoms with Crippen LogP contribution in [0.2, 0.25) is 0 Å². The van der Waals surface area contributed by atoms with Crippen LogP contribution in [0.5, 0.6) is 0 Å². The van der Waals surface area contributed by atoms with Gasteiger partial charge in [0.1, 0.15) is 11.5 Å². The summed E-state index contributed by atoms with van der Waals surface area (Å²) in [6, 6.07) is 8.52. The highest BCUT2D eigenvalue weighted by Crippen LogP contribution is 2.22. The molecule has 0 atom stereocenters. The highest BCUT2D eigenvalue weighted by atomic mass is 16.6. The predicted molar refractivity (Wildman–Crippen MR) is 98.7 cm³/mol. The van der Waals surface area contributed by atoms with Gasteiger partial charge in [-0.3, -0.25) is 15.1 Å². The van der Waals surface area contributed by atoms with Crippen LogP contribution in [0.15, 0.2) is 42.7 Å². The lowest BCUT2D eigenvalue weighted by atomic mass is 10.2. The fourth-order valence-electron chi connectivity index (χ4n) is 2.57. The van der Waals surface area contributed by atoms with E-state index in [1.165, 1.54) is 6.07 Å². The number of nitro groups is 1. The summed E-state index contributed by atoms with van der Waals surface area (Å²) < 4.78 is 1.74. The van der Waals surface area contributed by atoms with Gasteiger partial charge in [-0.25, -0.2) is 9.67 Å². The summed E-state index contributed by atoms with van der Waals surface area (Å²) in [5.41, 5.74) is 2.43. The van der Waals surface area contributed by atoms with Crippen LogP contribution < -0.4 is 10.6 Å². The molecule has 1 aromatic carbocycles. The maximum absolute atomic E-state index is 11.0. The third-order valence-corrected chi connectivity index (χ3v) is 3.70. The Morgan fingerprint density at radius 1 is 1.15 bits per heavy atom. The molecule has 2 N–H and O–H groups in total. The van der Waals surface area contributed by atoms with Crippen LogP contribution in [0.25, 0.3) is 5.82 Å². The first-order valence-electron chi connectivity index (χ1n) is 8.11. The van der Waals surface area contributed by atoms with Crippen molar-refractivity contribution in [2.45, 2.75) is 13.8 Å². The van der Waals surface area contributed by atoms with Gasteiger partial charge in [-0.15, -0.1) is 0 Å². The first kappa shape index (κ1) is 17.3. The van der Waals surface area contributed by atoms with Gasteiger partial charge in [0.25, 0.3) is 5.69 Å². The van der Waals surface area contributed by atoms with Gasteiger partial charge in [0, 0.05) is 24.8 Å². The van der Waals surface area contributed by atoms with Gasteiger partial charge in [0.2, 0.25) is 0 Å². The zero-order valence-electron chi connectivity index (χ0n) is 14.5. The van der Waals surface area contributed by atoms with Crippen molar-refractivity contribution in [3.05, 3.63) is 64.2 Å². The SMILES string of the molecule is Cc1cc(C)n(-c2cncc(NCCNc3ccccc3[N+](=O)[O-])n2)n1. The van der Waals surface area contributed by atoms with E-state index < -0.39 is 4.92 Å². The molecule has 0 radical (unpaired) electrons. The Morgan fingerprint density at radius 3 is 2.65 bits per heavy atom. The Labute approximate surface area is 150 Å². The van der Waals surface area contributed by atoms with E-state index in [4.69, 9.17) is 0 Å². The van der Waals surface area contributed by atoms with Crippen LogP contribution in [0.1, 0.15) is 11.4 Å². The number of para-hydroxylation sites is 2. The van der Waals surface area contributed by atoms with Crippen molar-refractivity contribution in [2.75, 3.05) is 23.7 Å². The summed E-state index contributed by atoms with van der Waals surface area (Å²) in [5, 5.41) is 21.6. The molecule has 2 aromatic heterocycles. The second-order valence-corrected chi connectivity index (χ2v) is 5.73. The van der Waals surface area contributed by atoms with E-state index in [1.807, 2.05) is 19.9 Å². The molecular weight excluding hydrogens is 334 g/mol. The Balaban J connectivity index is 1.60. The van der Waals surface area contributed by atoms with Crippen LogP contribution in [-0.4, -0.2) is 37.8 Å². The molecule has 0 saturated heterocycles. The number of nitrogens with zero attached hydrogens (tertiary/aromatic N) is 5. The normalized spacial score (nSPS) is 10.5. The molecule has 0 bridgehead atoms. The van der Waals surface area contributed by atoms with Crippen LogP contribution in [-0.2, 0) is 0 Å². The Hall–Kier alpha value is -3.49. The van der Waals surface area contributed by atoms with Gasteiger partial charge in [0.05, 0.1) is 23.0 Å².